The van der Waals surface area contributed by atoms with Crippen LogP contribution in [0.1, 0.15) is 11.1 Å². The Morgan fingerprint density at radius 3 is 1.42 bits per heavy atom. The molecule has 0 saturated carbocycles. The third-order valence-corrected chi connectivity index (χ3v) is 3.86. The molecule has 114 valence electrons. The number of rotatable bonds is 2. The van der Waals surface area contributed by atoms with Crippen LogP contribution < -0.4 is 5.73 Å². The smallest absolute Gasteiger partial charge is 0.134 e. The zero-order valence-corrected chi connectivity index (χ0v) is 12.7. The fourth-order valence-corrected chi connectivity index (χ4v) is 2.76. The van der Waals surface area contributed by atoms with Crippen molar-refractivity contribution >= 4 is 5.69 Å². The van der Waals surface area contributed by atoms with Crippen LogP contribution in [0.5, 0.6) is 5.75 Å². The molecule has 0 saturated heterocycles. The monoisotopic (exact) mass is 311 g/mol. The quantitative estimate of drug-likeness (QED) is 0.551. The topological polar surface area (TPSA) is 93.8 Å². The van der Waals surface area contributed by atoms with Gasteiger partial charge in [-0.15, -0.1) is 0 Å². The Kier molecular flexibility index (Phi) is 3.89. The number of nitrogen functional groups attached to an aromatic ring is 1. The van der Waals surface area contributed by atoms with E-state index in [9.17, 15) is 15.6 Å². The summed E-state index contributed by atoms with van der Waals surface area (Å²) in [6.07, 6.45) is 0. The van der Waals surface area contributed by atoms with Crippen LogP contribution in [0.15, 0.2) is 60.7 Å². The summed E-state index contributed by atoms with van der Waals surface area (Å²) in [6, 6.07) is 22.1. The minimum atomic E-state index is -0.116. The van der Waals surface area contributed by atoms with Crippen LogP contribution in [-0.2, 0) is 0 Å². The number of nitrogens with two attached hydrogens (primary N) is 1. The van der Waals surface area contributed by atoms with Crippen molar-refractivity contribution in [2.75, 3.05) is 5.73 Å². The first-order chi connectivity index (χ1) is 11.7. The number of nitrogens with zero attached hydrogens (tertiary/aromatic N) is 2. The van der Waals surface area contributed by atoms with E-state index in [2.05, 4.69) is 0 Å². The van der Waals surface area contributed by atoms with E-state index in [0.717, 1.165) is 0 Å². The van der Waals surface area contributed by atoms with E-state index in [1.54, 1.807) is 24.3 Å². The van der Waals surface area contributed by atoms with Crippen molar-refractivity contribution < 1.29 is 5.11 Å². The van der Waals surface area contributed by atoms with Gasteiger partial charge >= 0.3 is 0 Å². The molecule has 3 aromatic carbocycles. The van der Waals surface area contributed by atoms with Crippen molar-refractivity contribution in [3.05, 3.63) is 71.8 Å². The maximum Gasteiger partial charge on any atom is 0.134 e. The molecule has 4 heteroatoms. The molecule has 0 bridgehead atoms. The number of hydrogen-bond acceptors (Lipinski definition) is 4. The summed E-state index contributed by atoms with van der Waals surface area (Å²) in [5.41, 5.74) is 8.40. The fourth-order valence-electron chi connectivity index (χ4n) is 2.76. The first-order valence-corrected chi connectivity index (χ1v) is 7.28. The molecule has 0 spiro atoms. The standard InChI is InChI=1S/C20H13N3O/c21-11-15-17(13-7-3-1-4-8-13)20(24)18(16(12-22)19(15)23)14-9-5-2-6-10-14/h1-10,24H,23H2. The third-order valence-electron chi connectivity index (χ3n) is 3.86. The lowest BCUT2D eigenvalue weighted by molar-refractivity contribution is 0.479. The highest BCUT2D eigenvalue weighted by Gasteiger charge is 2.24. The Bertz CT molecular complexity index is 903. The summed E-state index contributed by atoms with van der Waals surface area (Å²) in [6.45, 7) is 0. The summed E-state index contributed by atoms with van der Waals surface area (Å²) < 4.78 is 0. The second kappa shape index (κ2) is 6.16. The molecule has 3 aromatic rings. The number of phenols is 1. The molecule has 0 atom stereocenters. The number of nitriles is 2. The Labute approximate surface area is 139 Å². The van der Waals surface area contributed by atoms with E-state index in [1.165, 1.54) is 0 Å². The van der Waals surface area contributed by atoms with Gasteiger partial charge in [-0.3, -0.25) is 0 Å². The molecule has 0 aromatic heterocycles. The zero-order chi connectivity index (χ0) is 17.1. The molecule has 0 radical (unpaired) electrons. The number of hydrogen-bond donors (Lipinski definition) is 2. The van der Waals surface area contributed by atoms with Crippen LogP contribution in [0, 0.1) is 22.7 Å². The van der Waals surface area contributed by atoms with E-state index < -0.39 is 0 Å². The Balaban J connectivity index is 2.47. The van der Waals surface area contributed by atoms with Crippen molar-refractivity contribution in [3.8, 4) is 40.1 Å². The van der Waals surface area contributed by atoms with E-state index in [4.69, 9.17) is 5.73 Å². The molecule has 0 unspecified atom stereocenters. The summed E-state index contributed by atoms with van der Waals surface area (Å²) in [7, 11) is 0. The molecule has 0 aliphatic carbocycles. The maximum atomic E-state index is 10.9. The van der Waals surface area contributed by atoms with Crippen LogP contribution >= 0.6 is 0 Å². The maximum absolute atomic E-state index is 10.9. The molecule has 24 heavy (non-hydrogen) atoms. The number of phenolic OH excluding ortho intramolecular Hbond substituents is 1. The van der Waals surface area contributed by atoms with E-state index >= 15 is 0 Å². The van der Waals surface area contributed by atoms with Crippen LogP contribution in [0.4, 0.5) is 5.69 Å². The molecule has 0 aliphatic heterocycles. The van der Waals surface area contributed by atoms with Gasteiger partial charge in [0.05, 0.1) is 16.8 Å². The van der Waals surface area contributed by atoms with Gasteiger partial charge in [0.15, 0.2) is 0 Å². The molecule has 0 amide bonds. The number of aromatic hydroxyl groups is 1. The molecule has 3 rings (SSSR count). The van der Waals surface area contributed by atoms with Crippen LogP contribution in [0.2, 0.25) is 0 Å². The predicted octanol–water partition coefficient (Wildman–Crippen LogP) is 4.05. The highest BCUT2D eigenvalue weighted by atomic mass is 16.3. The molecule has 0 aliphatic rings. The first-order valence-electron chi connectivity index (χ1n) is 7.28. The highest BCUT2D eigenvalue weighted by Crippen LogP contribution is 2.45. The Morgan fingerprint density at radius 2 is 1.08 bits per heavy atom. The van der Waals surface area contributed by atoms with Gasteiger partial charge in [-0.05, 0) is 11.1 Å². The molecular formula is C20H13N3O. The summed E-state index contributed by atoms with van der Waals surface area (Å²) in [4.78, 5) is 0. The normalized spacial score (nSPS) is 9.92. The average molecular weight is 311 g/mol. The molecule has 0 heterocycles. The van der Waals surface area contributed by atoms with E-state index in [1.807, 2.05) is 48.5 Å². The van der Waals surface area contributed by atoms with E-state index in [-0.39, 0.29) is 22.6 Å². The van der Waals surface area contributed by atoms with Gasteiger partial charge in [-0.2, -0.15) is 10.5 Å². The number of benzene rings is 3. The minimum Gasteiger partial charge on any atom is -0.507 e. The first kappa shape index (κ1) is 15.1. The zero-order valence-electron chi connectivity index (χ0n) is 12.7. The Morgan fingerprint density at radius 1 is 0.708 bits per heavy atom. The summed E-state index contributed by atoms with van der Waals surface area (Å²) in [5.74, 6) is -0.116. The minimum absolute atomic E-state index is 0.0792. The van der Waals surface area contributed by atoms with Crippen molar-refractivity contribution in [3.63, 3.8) is 0 Å². The largest absolute Gasteiger partial charge is 0.507 e. The van der Waals surface area contributed by atoms with Crippen molar-refractivity contribution in [1.29, 1.82) is 10.5 Å². The highest BCUT2D eigenvalue weighted by molar-refractivity contribution is 5.95. The molecular weight excluding hydrogens is 298 g/mol. The van der Waals surface area contributed by atoms with Gasteiger partial charge in [0.1, 0.15) is 17.9 Å². The molecule has 3 N–H and O–H groups in total. The van der Waals surface area contributed by atoms with Gasteiger partial charge in [-0.25, -0.2) is 0 Å². The van der Waals surface area contributed by atoms with Crippen molar-refractivity contribution in [2.45, 2.75) is 0 Å². The Hall–Kier alpha value is -3.76. The van der Waals surface area contributed by atoms with Gasteiger partial charge in [0.25, 0.3) is 0 Å². The van der Waals surface area contributed by atoms with Crippen molar-refractivity contribution in [2.24, 2.45) is 0 Å². The second-order valence-electron chi connectivity index (χ2n) is 5.22. The SMILES string of the molecule is N#Cc1c(N)c(C#N)c(-c2ccccc2)c(O)c1-c1ccccc1. The van der Waals surface area contributed by atoms with Gasteiger partial charge in [0, 0.05) is 11.1 Å². The van der Waals surface area contributed by atoms with Crippen LogP contribution in [0.25, 0.3) is 22.3 Å². The van der Waals surface area contributed by atoms with Gasteiger partial charge in [-0.1, -0.05) is 60.7 Å². The van der Waals surface area contributed by atoms with Crippen LogP contribution in [-0.4, -0.2) is 5.11 Å². The second-order valence-corrected chi connectivity index (χ2v) is 5.22. The van der Waals surface area contributed by atoms with Gasteiger partial charge < -0.3 is 10.8 Å². The number of anilines is 1. The predicted molar refractivity (Wildman–Crippen MR) is 92.8 cm³/mol. The third kappa shape index (κ3) is 2.33. The van der Waals surface area contributed by atoms with Crippen molar-refractivity contribution in [1.82, 2.24) is 0 Å². The summed E-state index contributed by atoms with van der Waals surface area (Å²) in [5, 5.41) is 29.9. The fraction of sp³-hybridized carbons (Fsp3) is 0. The van der Waals surface area contributed by atoms with Crippen LogP contribution in [0.3, 0.4) is 0 Å². The lowest BCUT2D eigenvalue weighted by Crippen LogP contribution is -2.01. The average Bonchev–Trinajstić information content (AvgIpc) is 2.64. The summed E-state index contributed by atoms with van der Waals surface area (Å²) >= 11 is 0. The molecule has 0 fully saturated rings. The van der Waals surface area contributed by atoms with Gasteiger partial charge in [0.2, 0.25) is 0 Å². The lowest BCUT2D eigenvalue weighted by atomic mass is 9.88. The lowest BCUT2D eigenvalue weighted by Gasteiger charge is -2.16. The van der Waals surface area contributed by atoms with E-state index in [0.29, 0.717) is 22.3 Å². The molecule has 4 nitrogen and oxygen atoms in total.